The van der Waals surface area contributed by atoms with Crippen LogP contribution in [0.15, 0.2) is 79.8 Å². The Labute approximate surface area is 272 Å². The van der Waals surface area contributed by atoms with Gasteiger partial charge in [0.05, 0.1) is 31.0 Å². The number of benzene rings is 1. The number of pyridine rings is 1. The zero-order chi connectivity index (χ0) is 32.2. The van der Waals surface area contributed by atoms with E-state index in [4.69, 9.17) is 9.97 Å². The third-order valence-corrected chi connectivity index (χ3v) is 8.88. The van der Waals surface area contributed by atoms with Crippen molar-refractivity contribution in [1.29, 1.82) is 5.26 Å². The first-order valence-electron chi connectivity index (χ1n) is 15.9. The first-order chi connectivity index (χ1) is 23.0. The first kappa shape index (κ1) is 29.9. The summed E-state index contributed by atoms with van der Waals surface area (Å²) in [7, 11) is 1.88. The molecule has 4 aromatic heterocycles. The highest BCUT2D eigenvalue weighted by Crippen LogP contribution is 2.30. The lowest BCUT2D eigenvalue weighted by atomic mass is 9.90. The maximum atomic E-state index is 13.7. The largest absolute Gasteiger partial charge is 0.351 e. The number of carbonyl (C=O) groups excluding carboxylic acids is 1. The molecule has 1 aliphatic carbocycles. The molecular formula is C34H36N12O. The molecule has 1 fully saturated rings. The molecule has 13 heteroatoms. The average Bonchev–Trinajstić information content (AvgIpc) is 3.77. The van der Waals surface area contributed by atoms with Crippen LogP contribution in [0.1, 0.15) is 42.5 Å². The number of amides is 2. The number of nitrogens with one attached hydrogen (secondary N) is 2. The zero-order valence-electron chi connectivity index (χ0n) is 26.2. The summed E-state index contributed by atoms with van der Waals surface area (Å²) in [6.45, 7) is 2.58. The van der Waals surface area contributed by atoms with Gasteiger partial charge >= 0.3 is 6.03 Å². The number of aromatic nitrogens is 7. The van der Waals surface area contributed by atoms with Crippen LogP contribution in [0.3, 0.4) is 0 Å². The van der Waals surface area contributed by atoms with Gasteiger partial charge in [-0.2, -0.15) is 15.3 Å². The lowest BCUT2D eigenvalue weighted by Gasteiger charge is -2.36. The number of carbonyl (C=O) groups is 1. The number of anilines is 3. The van der Waals surface area contributed by atoms with Gasteiger partial charge in [-0.1, -0.05) is 30.3 Å². The Hall–Kier alpha value is -5.77. The van der Waals surface area contributed by atoms with Gasteiger partial charge in [0, 0.05) is 68.5 Å². The average molecular weight is 629 g/mol. The number of nitrogens with zero attached hydrogens (tertiary/aromatic N) is 10. The lowest BCUT2D eigenvalue weighted by Crippen LogP contribution is -2.49. The van der Waals surface area contributed by atoms with Crippen LogP contribution in [-0.4, -0.2) is 58.9 Å². The molecule has 5 heterocycles. The zero-order valence-corrected chi connectivity index (χ0v) is 26.2. The number of urea groups is 1. The molecule has 0 atom stereocenters. The number of fused-ring (bicyclic) bond motifs is 1. The Morgan fingerprint density at radius 1 is 1.00 bits per heavy atom. The van der Waals surface area contributed by atoms with E-state index in [1.54, 1.807) is 23.3 Å². The third kappa shape index (κ3) is 6.62. The van der Waals surface area contributed by atoms with Crippen LogP contribution in [0, 0.1) is 11.3 Å². The lowest BCUT2D eigenvalue weighted by molar-refractivity contribution is 0.240. The van der Waals surface area contributed by atoms with Crippen LogP contribution in [-0.2, 0) is 26.7 Å². The Morgan fingerprint density at radius 3 is 2.60 bits per heavy atom. The van der Waals surface area contributed by atoms with Crippen molar-refractivity contribution in [2.75, 3.05) is 21.7 Å². The summed E-state index contributed by atoms with van der Waals surface area (Å²) >= 11 is 0. The van der Waals surface area contributed by atoms with E-state index in [1.165, 1.54) is 0 Å². The van der Waals surface area contributed by atoms with Gasteiger partial charge in [0.15, 0.2) is 5.82 Å². The van der Waals surface area contributed by atoms with Crippen molar-refractivity contribution >= 4 is 23.6 Å². The molecule has 0 unspecified atom stereocenters. The predicted molar refractivity (Wildman–Crippen MR) is 177 cm³/mol. The molecule has 1 saturated carbocycles. The monoisotopic (exact) mass is 628 g/mol. The van der Waals surface area contributed by atoms with E-state index in [2.05, 4.69) is 41.2 Å². The minimum absolute atomic E-state index is 0.0313. The summed E-state index contributed by atoms with van der Waals surface area (Å²) in [6, 6.07) is 16.0. The predicted octanol–water partition coefficient (Wildman–Crippen LogP) is 4.50. The summed E-state index contributed by atoms with van der Waals surface area (Å²) in [4.78, 5) is 35.9. The standard InChI is InChI=1S/C34H36N12O/c1-43-21-27(19-40-43)25-7-12-31(37-17-25)46(34(47)39-16-24-5-3-2-4-6-24)29-10-8-28(9-11-29)41-33-38-18-26(15-35)32(42-33)44-13-14-45-23-36-20-30(45)22-44/h2-7,12,17-21,23,28-29H,8-11,13-14,16,22H2,1H3,(H,39,47)(H,38,41,42)/t28-,29-. The molecule has 1 aliphatic heterocycles. The third-order valence-electron chi connectivity index (χ3n) is 8.88. The molecule has 1 aromatic carbocycles. The highest BCUT2D eigenvalue weighted by molar-refractivity contribution is 5.91. The molecule has 13 nitrogen and oxygen atoms in total. The minimum atomic E-state index is -0.171. The Balaban J connectivity index is 1.04. The van der Waals surface area contributed by atoms with Crippen molar-refractivity contribution in [3.63, 3.8) is 0 Å². The fourth-order valence-corrected chi connectivity index (χ4v) is 6.37. The SMILES string of the molecule is Cn1cc(-c2ccc(N(C(=O)NCc3ccccc3)[C@H]3CC[C@H](Nc4ncc(C#N)c(N5CCn6cncc6C5)n4)CC3)nc2)cn1. The number of hydrogen-bond acceptors (Lipinski definition) is 9. The number of imidazole rings is 1. The highest BCUT2D eigenvalue weighted by atomic mass is 16.2. The molecule has 5 aromatic rings. The molecule has 0 spiro atoms. The second-order valence-corrected chi connectivity index (χ2v) is 12.0. The summed E-state index contributed by atoms with van der Waals surface area (Å²) < 4.78 is 3.88. The van der Waals surface area contributed by atoms with Gasteiger partial charge in [-0.3, -0.25) is 9.58 Å². The Kier molecular flexibility index (Phi) is 8.46. The fraction of sp³-hybridized carbons (Fsp3) is 0.324. The van der Waals surface area contributed by atoms with E-state index >= 15 is 0 Å². The van der Waals surface area contributed by atoms with Gasteiger partial charge in [-0.05, 0) is 43.4 Å². The second kappa shape index (κ2) is 13.3. The van der Waals surface area contributed by atoms with E-state index in [9.17, 15) is 10.1 Å². The first-order valence-corrected chi connectivity index (χ1v) is 15.9. The maximum Gasteiger partial charge on any atom is 0.323 e. The van der Waals surface area contributed by atoms with Crippen LogP contribution < -0.4 is 20.4 Å². The molecule has 0 radical (unpaired) electrons. The van der Waals surface area contributed by atoms with Crippen molar-refractivity contribution in [3.8, 4) is 17.2 Å². The van der Waals surface area contributed by atoms with Crippen molar-refractivity contribution in [2.24, 2.45) is 7.05 Å². The van der Waals surface area contributed by atoms with Gasteiger partial charge in [0.1, 0.15) is 17.5 Å². The van der Waals surface area contributed by atoms with E-state index in [1.807, 2.05) is 73.1 Å². The number of rotatable bonds is 8. The Bertz CT molecular complexity index is 1870. The molecule has 2 N–H and O–H groups in total. The molecule has 0 bridgehead atoms. The van der Waals surface area contributed by atoms with Crippen molar-refractivity contribution in [3.05, 3.63) is 96.6 Å². The number of nitriles is 1. The topological polar surface area (TPSA) is 146 Å². The normalized spacial score (nSPS) is 17.4. The van der Waals surface area contributed by atoms with Crippen molar-refractivity contribution in [2.45, 2.75) is 57.4 Å². The molecule has 7 rings (SSSR count). The minimum Gasteiger partial charge on any atom is -0.351 e. The molecule has 2 amide bonds. The smallest absolute Gasteiger partial charge is 0.323 e. The maximum absolute atomic E-state index is 13.7. The van der Waals surface area contributed by atoms with Gasteiger partial charge in [-0.15, -0.1) is 0 Å². The van der Waals surface area contributed by atoms with Crippen LogP contribution in [0.4, 0.5) is 22.4 Å². The van der Waals surface area contributed by atoms with E-state index in [-0.39, 0.29) is 18.1 Å². The van der Waals surface area contributed by atoms with E-state index in [0.717, 1.165) is 61.2 Å². The number of aryl methyl sites for hydroxylation is 1. The molecule has 2 aliphatic rings. The van der Waals surface area contributed by atoms with Crippen LogP contribution in [0.25, 0.3) is 11.1 Å². The molecular weight excluding hydrogens is 592 g/mol. The van der Waals surface area contributed by atoms with E-state index < -0.39 is 0 Å². The summed E-state index contributed by atoms with van der Waals surface area (Å²) in [5, 5.41) is 20.7. The van der Waals surface area contributed by atoms with Crippen LogP contribution in [0.5, 0.6) is 0 Å². The summed E-state index contributed by atoms with van der Waals surface area (Å²) in [6.07, 6.45) is 14.0. The van der Waals surface area contributed by atoms with Crippen LogP contribution >= 0.6 is 0 Å². The highest BCUT2D eigenvalue weighted by Gasteiger charge is 2.31. The van der Waals surface area contributed by atoms with Gasteiger partial charge in [-0.25, -0.2) is 19.7 Å². The molecule has 238 valence electrons. The second-order valence-electron chi connectivity index (χ2n) is 12.0. The van der Waals surface area contributed by atoms with Gasteiger partial charge < -0.3 is 20.1 Å². The summed E-state index contributed by atoms with van der Waals surface area (Å²) in [5.41, 5.74) is 4.48. The van der Waals surface area contributed by atoms with Gasteiger partial charge in [0.25, 0.3) is 0 Å². The fourth-order valence-electron chi connectivity index (χ4n) is 6.37. The molecule has 47 heavy (non-hydrogen) atoms. The van der Waals surface area contributed by atoms with E-state index in [0.29, 0.717) is 36.2 Å². The van der Waals surface area contributed by atoms with Gasteiger partial charge in [0.2, 0.25) is 5.95 Å². The van der Waals surface area contributed by atoms with Crippen molar-refractivity contribution < 1.29 is 4.79 Å². The quantitative estimate of drug-likeness (QED) is 0.254. The number of hydrogen-bond donors (Lipinski definition) is 2. The summed E-state index contributed by atoms with van der Waals surface area (Å²) in [5.74, 6) is 1.75. The van der Waals surface area contributed by atoms with Crippen molar-refractivity contribution in [1.82, 2.24) is 39.6 Å². The van der Waals surface area contributed by atoms with Crippen LogP contribution in [0.2, 0.25) is 0 Å². The Morgan fingerprint density at radius 2 is 1.85 bits per heavy atom. The molecule has 0 saturated heterocycles.